The van der Waals surface area contributed by atoms with Crippen molar-refractivity contribution in [3.05, 3.63) is 59.4 Å². The fraction of sp³-hybridized carbons (Fsp3) is 0.440. The second kappa shape index (κ2) is 11.5. The topological polar surface area (TPSA) is 89.0 Å². The number of nitrogens with zero attached hydrogens (tertiary/aromatic N) is 6. The Morgan fingerprint density at radius 2 is 1.83 bits per heavy atom. The number of benzene rings is 1. The lowest BCUT2D eigenvalue weighted by Gasteiger charge is -2.16. The molecule has 4 rings (SSSR count). The molecule has 3 aromatic heterocycles. The maximum atomic E-state index is 13.6. The molecule has 0 saturated heterocycles. The van der Waals surface area contributed by atoms with E-state index in [1.807, 2.05) is 28.8 Å². The van der Waals surface area contributed by atoms with E-state index in [0.717, 1.165) is 23.1 Å². The van der Waals surface area contributed by atoms with E-state index < -0.39 is 8.07 Å². The summed E-state index contributed by atoms with van der Waals surface area (Å²) in [5, 5.41) is 4.56. The molecule has 191 valence electrons. The molecule has 0 saturated carbocycles. The van der Waals surface area contributed by atoms with Crippen LogP contribution in [-0.4, -0.2) is 59.0 Å². The van der Waals surface area contributed by atoms with Gasteiger partial charge in [-0.05, 0) is 30.3 Å². The second-order valence-electron chi connectivity index (χ2n) is 10.4. The summed E-state index contributed by atoms with van der Waals surface area (Å²) >= 11 is 0. The summed E-state index contributed by atoms with van der Waals surface area (Å²) in [5.41, 5.74) is 1.92. The first-order chi connectivity index (χ1) is 17.2. The Balaban J connectivity index is 1.74. The third-order valence-corrected chi connectivity index (χ3v) is 8.71. The Labute approximate surface area is 214 Å². The van der Waals surface area contributed by atoms with Crippen LogP contribution in [0.3, 0.4) is 0 Å². The molecular weight excluding hydrogens is 488 g/mol. The Hall–Kier alpha value is -2.87. The van der Waals surface area contributed by atoms with E-state index in [2.05, 4.69) is 42.8 Å². The van der Waals surface area contributed by atoms with E-state index in [4.69, 9.17) is 14.5 Å². The molecule has 0 bridgehead atoms. The molecule has 0 amide bonds. The zero-order valence-electron chi connectivity index (χ0n) is 21.8. The van der Waals surface area contributed by atoms with Gasteiger partial charge in [-0.3, -0.25) is 13.9 Å². The van der Waals surface area contributed by atoms with E-state index in [9.17, 15) is 4.79 Å². The Morgan fingerprint density at radius 1 is 1.06 bits per heavy atom. The minimum absolute atomic E-state index is 0.0767. The van der Waals surface area contributed by atoms with Crippen LogP contribution in [0, 0.1) is 0 Å². The van der Waals surface area contributed by atoms with Crippen molar-refractivity contribution < 1.29 is 9.47 Å². The van der Waals surface area contributed by atoms with Gasteiger partial charge in [0.05, 0.1) is 16.6 Å². The highest BCUT2D eigenvalue weighted by atomic mass is 28.3. The summed E-state index contributed by atoms with van der Waals surface area (Å²) in [5.74, 6) is 1.12. The third-order valence-electron chi connectivity index (χ3n) is 5.80. The molecule has 36 heavy (non-hydrogen) atoms. The number of hydrogen-bond donors (Lipinski definition) is 0. The summed E-state index contributed by atoms with van der Waals surface area (Å²) in [4.78, 5) is 22.6. The highest BCUT2D eigenvalue weighted by Crippen LogP contribution is 2.24. The maximum absolute atomic E-state index is 13.6. The van der Waals surface area contributed by atoms with Crippen molar-refractivity contribution in [1.82, 2.24) is 28.9 Å². The standard InChI is InChI=1S/C25H35N6O3Si2/c1-35(2)14-12-33-18-30-22-9-7-6-8-21(22)27-24(30)20-16-23(29-11-10-26-17-29)28-31(25(20)32)19-34-13-15-36(3,4)5/h6-11,16-17H,12-15,18-19H2,1-5H3. The van der Waals surface area contributed by atoms with E-state index in [-0.39, 0.29) is 21.1 Å². The average Bonchev–Trinajstić information content (AvgIpc) is 3.48. The van der Waals surface area contributed by atoms with Crippen molar-refractivity contribution in [2.75, 3.05) is 13.2 Å². The van der Waals surface area contributed by atoms with Gasteiger partial charge >= 0.3 is 0 Å². The molecule has 0 aliphatic heterocycles. The molecule has 0 unspecified atom stereocenters. The lowest BCUT2D eigenvalue weighted by Crippen LogP contribution is -2.29. The van der Waals surface area contributed by atoms with E-state index in [1.54, 1.807) is 29.4 Å². The second-order valence-corrected chi connectivity index (χ2v) is 18.9. The van der Waals surface area contributed by atoms with Crippen LogP contribution >= 0.6 is 0 Å². The molecule has 11 heteroatoms. The van der Waals surface area contributed by atoms with Crippen LogP contribution in [0.2, 0.25) is 44.8 Å². The number of aromatic nitrogens is 6. The van der Waals surface area contributed by atoms with Crippen molar-refractivity contribution >= 4 is 27.9 Å². The van der Waals surface area contributed by atoms with Crippen LogP contribution in [0.1, 0.15) is 0 Å². The Bertz CT molecular complexity index is 1340. The predicted molar refractivity (Wildman–Crippen MR) is 147 cm³/mol. The van der Waals surface area contributed by atoms with Gasteiger partial charge in [0.15, 0.2) is 5.82 Å². The van der Waals surface area contributed by atoms with Crippen molar-refractivity contribution in [3.63, 3.8) is 0 Å². The fourth-order valence-electron chi connectivity index (χ4n) is 3.67. The molecule has 0 N–H and O–H groups in total. The van der Waals surface area contributed by atoms with Crippen molar-refractivity contribution in [2.45, 2.75) is 58.3 Å². The van der Waals surface area contributed by atoms with E-state index in [1.165, 1.54) is 4.68 Å². The lowest BCUT2D eigenvalue weighted by atomic mass is 10.2. The number of para-hydroxylation sites is 2. The van der Waals surface area contributed by atoms with Crippen LogP contribution in [0.5, 0.6) is 0 Å². The van der Waals surface area contributed by atoms with Gasteiger partial charge in [0.1, 0.15) is 25.6 Å². The van der Waals surface area contributed by atoms with Gasteiger partial charge < -0.3 is 9.47 Å². The van der Waals surface area contributed by atoms with Crippen LogP contribution in [-0.2, 0) is 22.9 Å². The van der Waals surface area contributed by atoms with Gasteiger partial charge in [-0.2, -0.15) is 0 Å². The number of imidazole rings is 2. The molecule has 4 aromatic rings. The zero-order chi connectivity index (χ0) is 25.7. The monoisotopic (exact) mass is 523 g/mol. The van der Waals surface area contributed by atoms with Crippen molar-refractivity contribution in [1.29, 1.82) is 0 Å². The predicted octanol–water partition coefficient (Wildman–Crippen LogP) is 4.49. The fourth-order valence-corrected chi connectivity index (χ4v) is 4.98. The van der Waals surface area contributed by atoms with Crippen LogP contribution < -0.4 is 5.56 Å². The highest BCUT2D eigenvalue weighted by molar-refractivity contribution is 6.76. The van der Waals surface area contributed by atoms with Gasteiger partial charge in [0.25, 0.3) is 5.56 Å². The van der Waals surface area contributed by atoms with Crippen molar-refractivity contribution in [2.24, 2.45) is 0 Å². The van der Waals surface area contributed by atoms with Crippen LogP contribution in [0.15, 0.2) is 53.8 Å². The molecule has 1 radical (unpaired) electrons. The quantitative estimate of drug-likeness (QED) is 0.201. The minimum Gasteiger partial charge on any atom is -0.361 e. The number of hydrogen-bond acceptors (Lipinski definition) is 6. The minimum atomic E-state index is -1.25. The lowest BCUT2D eigenvalue weighted by molar-refractivity contribution is 0.0749. The van der Waals surface area contributed by atoms with Crippen LogP contribution in [0.25, 0.3) is 28.2 Å². The summed E-state index contributed by atoms with van der Waals surface area (Å²) in [6.45, 7) is 13.1. The molecule has 1 aromatic carbocycles. The Morgan fingerprint density at radius 3 is 2.56 bits per heavy atom. The van der Waals surface area contributed by atoms with E-state index >= 15 is 0 Å². The summed E-state index contributed by atoms with van der Waals surface area (Å²) in [7, 11) is -1.62. The SMILES string of the molecule is C[Si](C)CCOCn1c(-c2cc(-n3ccnc3)nn(COCC[Si](C)(C)C)c2=O)nc2ccccc21. The van der Waals surface area contributed by atoms with Gasteiger partial charge in [-0.1, -0.05) is 44.9 Å². The first kappa shape index (κ1) is 26.2. The number of ether oxygens (including phenoxy) is 2. The van der Waals surface area contributed by atoms with Gasteiger partial charge in [-0.15, -0.1) is 5.10 Å². The number of fused-ring (bicyclic) bond motifs is 1. The number of rotatable bonds is 12. The largest absolute Gasteiger partial charge is 0.361 e. The molecule has 0 atom stereocenters. The molecule has 9 nitrogen and oxygen atoms in total. The van der Waals surface area contributed by atoms with Gasteiger partial charge in [0.2, 0.25) is 0 Å². The molecule has 0 fully saturated rings. The molecule has 0 spiro atoms. The molecule has 0 aliphatic carbocycles. The molecular formula is C25H35N6O3Si2. The Kier molecular flexibility index (Phi) is 8.34. The summed E-state index contributed by atoms with van der Waals surface area (Å²) in [6.07, 6.45) is 5.14. The molecule has 0 aliphatic rings. The molecule has 3 heterocycles. The maximum Gasteiger partial charge on any atom is 0.280 e. The first-order valence-corrected chi connectivity index (χ1v) is 18.6. The third kappa shape index (κ3) is 6.46. The first-order valence-electron chi connectivity index (χ1n) is 12.2. The van der Waals surface area contributed by atoms with Gasteiger partial charge in [0, 0.05) is 42.5 Å². The normalized spacial score (nSPS) is 12.2. The summed E-state index contributed by atoms with van der Waals surface area (Å²) < 4.78 is 17.0. The zero-order valence-corrected chi connectivity index (χ0v) is 23.8. The summed E-state index contributed by atoms with van der Waals surface area (Å²) in [6, 6.07) is 11.7. The van der Waals surface area contributed by atoms with Crippen molar-refractivity contribution in [3.8, 4) is 17.2 Å². The highest BCUT2D eigenvalue weighted by Gasteiger charge is 2.20. The van der Waals surface area contributed by atoms with E-state index in [0.29, 0.717) is 37.2 Å². The van der Waals surface area contributed by atoms with Crippen LogP contribution in [0.4, 0.5) is 0 Å². The van der Waals surface area contributed by atoms with Gasteiger partial charge in [-0.25, -0.2) is 14.6 Å². The smallest absolute Gasteiger partial charge is 0.280 e. The average molecular weight is 524 g/mol.